The lowest BCUT2D eigenvalue weighted by Crippen LogP contribution is -2.34. The molecule has 0 aromatic heterocycles. The van der Waals surface area contributed by atoms with E-state index in [-0.39, 0.29) is 18.2 Å². The van der Waals surface area contributed by atoms with E-state index in [2.05, 4.69) is 5.32 Å². The number of nitrogens with zero attached hydrogens (tertiary/aromatic N) is 1. The van der Waals surface area contributed by atoms with Crippen LogP contribution in [0.25, 0.3) is 0 Å². The second-order valence-corrected chi connectivity index (χ2v) is 4.78. The van der Waals surface area contributed by atoms with E-state index in [1.807, 2.05) is 13.8 Å². The van der Waals surface area contributed by atoms with Crippen LogP contribution in [0, 0.1) is 0 Å². The van der Waals surface area contributed by atoms with Gasteiger partial charge in [0.1, 0.15) is 0 Å². The molecule has 5 nitrogen and oxygen atoms in total. The maximum Gasteiger partial charge on any atom is 0.251 e. The molecule has 1 rings (SSSR count). The molecule has 0 unspecified atom stereocenters. The van der Waals surface area contributed by atoms with Crippen LogP contribution in [0.15, 0.2) is 18.2 Å². The number of carbonyl (C=O) groups excluding carboxylic acids is 2. The molecule has 0 atom stereocenters. The number of carbonyl (C=O) groups is 2. The molecule has 110 valence electrons. The molecule has 6 heteroatoms. The van der Waals surface area contributed by atoms with Crippen LogP contribution in [0.5, 0.6) is 0 Å². The standard InChI is InChI=1S/C14H20ClN3O2/c1-3-18(4-2)13(19)5-6-17-14(20)10-7-11(15)9-12(16)8-10/h7-9H,3-6,16H2,1-2H3,(H,17,20). The van der Waals surface area contributed by atoms with Gasteiger partial charge < -0.3 is 16.0 Å². The summed E-state index contributed by atoms with van der Waals surface area (Å²) < 4.78 is 0. The first-order valence-electron chi connectivity index (χ1n) is 6.60. The molecule has 2 amide bonds. The highest BCUT2D eigenvalue weighted by Gasteiger charge is 2.11. The number of hydrogen-bond donors (Lipinski definition) is 2. The average molecular weight is 298 g/mol. The van der Waals surface area contributed by atoms with E-state index >= 15 is 0 Å². The maximum atomic E-state index is 11.9. The molecule has 0 fully saturated rings. The second-order valence-electron chi connectivity index (χ2n) is 4.35. The first kappa shape index (κ1) is 16.3. The van der Waals surface area contributed by atoms with Gasteiger partial charge in [0.2, 0.25) is 5.91 Å². The molecule has 20 heavy (non-hydrogen) atoms. The first-order valence-corrected chi connectivity index (χ1v) is 6.97. The summed E-state index contributed by atoms with van der Waals surface area (Å²) in [6.07, 6.45) is 0.281. The number of nitrogen functional groups attached to an aromatic ring is 1. The highest BCUT2D eigenvalue weighted by Crippen LogP contribution is 2.16. The van der Waals surface area contributed by atoms with E-state index in [0.717, 1.165) is 0 Å². The summed E-state index contributed by atoms with van der Waals surface area (Å²) >= 11 is 5.84. The van der Waals surface area contributed by atoms with Crippen molar-refractivity contribution in [1.29, 1.82) is 0 Å². The highest BCUT2D eigenvalue weighted by molar-refractivity contribution is 6.31. The van der Waals surface area contributed by atoms with Crippen LogP contribution in [0.4, 0.5) is 5.69 Å². The summed E-state index contributed by atoms with van der Waals surface area (Å²) in [5.74, 6) is -0.257. The summed E-state index contributed by atoms with van der Waals surface area (Å²) in [4.78, 5) is 25.4. The minimum Gasteiger partial charge on any atom is -0.399 e. The van der Waals surface area contributed by atoms with Gasteiger partial charge in [0, 0.05) is 42.3 Å². The topological polar surface area (TPSA) is 75.4 Å². The third-order valence-corrected chi connectivity index (χ3v) is 3.14. The zero-order valence-corrected chi connectivity index (χ0v) is 12.5. The fraction of sp³-hybridized carbons (Fsp3) is 0.429. The maximum absolute atomic E-state index is 11.9. The van der Waals surface area contributed by atoms with Crippen molar-refractivity contribution in [3.8, 4) is 0 Å². The van der Waals surface area contributed by atoms with Crippen LogP contribution in [-0.4, -0.2) is 36.3 Å². The van der Waals surface area contributed by atoms with E-state index in [1.165, 1.54) is 0 Å². The minimum atomic E-state index is -0.286. The molecule has 0 aliphatic rings. The Balaban J connectivity index is 2.49. The molecule has 1 aromatic rings. The number of nitrogens with two attached hydrogens (primary N) is 1. The van der Waals surface area contributed by atoms with Crippen LogP contribution in [0.3, 0.4) is 0 Å². The van der Waals surface area contributed by atoms with Crippen molar-refractivity contribution < 1.29 is 9.59 Å². The van der Waals surface area contributed by atoms with Gasteiger partial charge in [-0.05, 0) is 32.0 Å². The quantitative estimate of drug-likeness (QED) is 0.788. The zero-order chi connectivity index (χ0) is 15.1. The van der Waals surface area contributed by atoms with Gasteiger partial charge >= 0.3 is 0 Å². The molecule has 0 spiro atoms. The predicted octanol–water partition coefficient (Wildman–Crippen LogP) is 1.91. The van der Waals surface area contributed by atoms with E-state index in [1.54, 1.807) is 23.1 Å². The lowest BCUT2D eigenvalue weighted by atomic mass is 10.2. The monoisotopic (exact) mass is 297 g/mol. The van der Waals surface area contributed by atoms with Crippen molar-refractivity contribution in [2.75, 3.05) is 25.4 Å². The third-order valence-electron chi connectivity index (χ3n) is 2.92. The van der Waals surface area contributed by atoms with Crippen LogP contribution >= 0.6 is 11.6 Å². The molecule has 3 N–H and O–H groups in total. The summed E-state index contributed by atoms with van der Waals surface area (Å²) in [6.45, 7) is 5.49. The number of benzene rings is 1. The van der Waals surface area contributed by atoms with Crippen molar-refractivity contribution in [2.24, 2.45) is 0 Å². The summed E-state index contributed by atoms with van der Waals surface area (Å²) in [7, 11) is 0. The Kier molecular flexibility index (Phi) is 6.31. The Bertz CT molecular complexity index is 467. The van der Waals surface area contributed by atoms with Crippen LogP contribution in [-0.2, 0) is 4.79 Å². The first-order chi connectivity index (χ1) is 9.47. The Hall–Kier alpha value is -1.75. The molecule has 0 saturated carbocycles. The Labute approximate surface area is 124 Å². The van der Waals surface area contributed by atoms with Gasteiger partial charge in [0.25, 0.3) is 5.91 Å². The molecule has 0 aliphatic carbocycles. The molecule has 0 aliphatic heterocycles. The Morgan fingerprint density at radius 3 is 2.45 bits per heavy atom. The van der Waals surface area contributed by atoms with Crippen LogP contribution in [0.2, 0.25) is 5.02 Å². The molecule has 0 bridgehead atoms. The van der Waals surface area contributed by atoms with Crippen molar-refractivity contribution in [3.05, 3.63) is 28.8 Å². The SMILES string of the molecule is CCN(CC)C(=O)CCNC(=O)c1cc(N)cc(Cl)c1. The average Bonchev–Trinajstić information content (AvgIpc) is 2.38. The lowest BCUT2D eigenvalue weighted by Gasteiger charge is -2.18. The molecular formula is C14H20ClN3O2. The molecule has 1 aromatic carbocycles. The summed E-state index contributed by atoms with van der Waals surface area (Å²) in [5.41, 5.74) is 6.45. The van der Waals surface area contributed by atoms with Crippen molar-refractivity contribution in [3.63, 3.8) is 0 Å². The summed E-state index contributed by atoms with van der Waals surface area (Å²) in [6, 6.07) is 4.66. The van der Waals surface area contributed by atoms with Crippen molar-refractivity contribution >= 4 is 29.1 Å². The van der Waals surface area contributed by atoms with Gasteiger partial charge in [-0.25, -0.2) is 0 Å². The largest absolute Gasteiger partial charge is 0.399 e. The Morgan fingerprint density at radius 1 is 1.25 bits per heavy atom. The number of nitrogens with one attached hydrogen (secondary N) is 1. The van der Waals surface area contributed by atoms with E-state index in [4.69, 9.17) is 17.3 Å². The predicted molar refractivity (Wildman–Crippen MR) is 80.7 cm³/mol. The van der Waals surface area contributed by atoms with Crippen LogP contribution < -0.4 is 11.1 Å². The van der Waals surface area contributed by atoms with E-state index < -0.39 is 0 Å². The third kappa shape index (κ3) is 4.74. The molecule has 0 saturated heterocycles. The fourth-order valence-corrected chi connectivity index (χ4v) is 2.11. The zero-order valence-electron chi connectivity index (χ0n) is 11.8. The second kappa shape index (κ2) is 7.75. The van der Waals surface area contributed by atoms with Crippen LogP contribution in [0.1, 0.15) is 30.6 Å². The summed E-state index contributed by atoms with van der Waals surface area (Å²) in [5, 5.41) is 3.10. The minimum absolute atomic E-state index is 0.0286. The number of hydrogen-bond acceptors (Lipinski definition) is 3. The van der Waals surface area contributed by atoms with Crippen molar-refractivity contribution in [1.82, 2.24) is 10.2 Å². The van der Waals surface area contributed by atoms with Gasteiger partial charge in [-0.1, -0.05) is 11.6 Å². The molecular weight excluding hydrogens is 278 g/mol. The van der Waals surface area contributed by atoms with Crippen molar-refractivity contribution in [2.45, 2.75) is 20.3 Å². The number of rotatable bonds is 6. The smallest absolute Gasteiger partial charge is 0.251 e. The van der Waals surface area contributed by atoms with Gasteiger partial charge in [-0.3, -0.25) is 9.59 Å². The van der Waals surface area contributed by atoms with E-state index in [0.29, 0.717) is 35.9 Å². The highest BCUT2D eigenvalue weighted by atomic mass is 35.5. The molecule has 0 heterocycles. The van der Waals surface area contributed by atoms with Gasteiger partial charge in [-0.15, -0.1) is 0 Å². The Morgan fingerprint density at radius 2 is 1.90 bits per heavy atom. The number of amides is 2. The van der Waals surface area contributed by atoms with Gasteiger partial charge in [0.05, 0.1) is 0 Å². The number of anilines is 1. The normalized spacial score (nSPS) is 10.2. The fourth-order valence-electron chi connectivity index (χ4n) is 1.86. The van der Waals surface area contributed by atoms with Gasteiger partial charge in [0.15, 0.2) is 0 Å². The van der Waals surface area contributed by atoms with Gasteiger partial charge in [-0.2, -0.15) is 0 Å². The lowest BCUT2D eigenvalue weighted by molar-refractivity contribution is -0.130. The molecule has 0 radical (unpaired) electrons. The number of halogens is 1. The van der Waals surface area contributed by atoms with E-state index in [9.17, 15) is 9.59 Å².